The summed E-state index contributed by atoms with van der Waals surface area (Å²) in [6, 6.07) is 16.3. The zero-order valence-electron chi connectivity index (χ0n) is 18.9. The number of hydrogen-bond acceptors (Lipinski definition) is 3. The summed E-state index contributed by atoms with van der Waals surface area (Å²) >= 11 is 6.02. The summed E-state index contributed by atoms with van der Waals surface area (Å²) in [5.74, 6) is 0. The monoisotopic (exact) mass is 478 g/mol. The van der Waals surface area contributed by atoms with Gasteiger partial charge in [-0.2, -0.15) is 0 Å². The topological polar surface area (TPSA) is 47.3 Å². The van der Waals surface area contributed by atoms with Crippen molar-refractivity contribution in [3.63, 3.8) is 0 Å². The van der Waals surface area contributed by atoms with Crippen LogP contribution in [0.2, 0.25) is 5.02 Å². The van der Waals surface area contributed by atoms with E-state index in [1.54, 1.807) is 0 Å². The Hall–Kier alpha value is -1.98. The van der Waals surface area contributed by atoms with Crippen molar-refractivity contribution < 1.29 is 5.11 Å². The largest absolute Gasteiger partial charge is 0.385 e. The number of aliphatic hydroxyl groups is 1. The van der Waals surface area contributed by atoms with E-state index in [-0.39, 0.29) is 0 Å². The molecule has 1 fully saturated rings. The van der Waals surface area contributed by atoms with Gasteiger partial charge in [0.1, 0.15) is 0 Å². The van der Waals surface area contributed by atoms with Crippen LogP contribution in [0.1, 0.15) is 44.1 Å². The molecule has 2 aromatic carbocycles. The fraction of sp³-hybridized carbons (Fsp3) is 0.357. The van der Waals surface area contributed by atoms with E-state index in [1.165, 1.54) is 26.5 Å². The van der Waals surface area contributed by atoms with E-state index in [4.69, 9.17) is 16.4 Å². The van der Waals surface area contributed by atoms with Crippen LogP contribution in [0.25, 0.3) is 11.0 Å². The number of rotatable bonds is 5. The molecule has 0 radical (unpaired) electrons. The molecule has 3 nitrogen and oxygen atoms in total. The van der Waals surface area contributed by atoms with Crippen LogP contribution in [0.5, 0.6) is 0 Å². The number of piperidine rings is 1. The summed E-state index contributed by atoms with van der Waals surface area (Å²) in [6.45, 7) is 2.86. The van der Waals surface area contributed by atoms with E-state index in [0.29, 0.717) is 5.02 Å². The van der Waals surface area contributed by atoms with Crippen molar-refractivity contribution in [3.8, 4) is 0 Å². The quantitative estimate of drug-likeness (QED) is 0.635. The first-order chi connectivity index (χ1) is 16.0. The van der Waals surface area contributed by atoms with Crippen molar-refractivity contribution in [2.24, 2.45) is 0 Å². The molecule has 2 aromatic rings. The Labute approximate surface area is 203 Å². The lowest BCUT2D eigenvalue weighted by molar-refractivity contribution is -0.0259. The lowest BCUT2D eigenvalue weighted by Gasteiger charge is -2.38. The molecule has 2 N–H and O–H groups in total. The molecular formula is C28H31ClN2OS. The van der Waals surface area contributed by atoms with Gasteiger partial charge in [-0.15, -0.1) is 0 Å². The maximum absolute atomic E-state index is 11.2. The van der Waals surface area contributed by atoms with Gasteiger partial charge in [0, 0.05) is 23.0 Å². The number of halogens is 1. The van der Waals surface area contributed by atoms with E-state index < -0.39 is 16.3 Å². The Kier molecular flexibility index (Phi) is 6.71. The number of allylic oxidation sites excluding steroid dienone is 3. The van der Waals surface area contributed by atoms with Crippen LogP contribution in [0.15, 0.2) is 71.2 Å². The van der Waals surface area contributed by atoms with Gasteiger partial charge in [-0.1, -0.05) is 60.2 Å². The number of hydrogen-bond donors (Lipinski definition) is 2. The van der Waals surface area contributed by atoms with Crippen LogP contribution in [-0.2, 0) is 16.3 Å². The molecule has 5 rings (SSSR count). The number of benzene rings is 2. The molecule has 0 aromatic heterocycles. The normalized spacial score (nSPS) is 22.4. The molecule has 5 heteroatoms. The predicted octanol–water partition coefficient (Wildman–Crippen LogP) is 4.99. The second-order valence-corrected chi connectivity index (χ2v) is 11.1. The molecule has 2 heterocycles. The highest BCUT2D eigenvalue weighted by Gasteiger charge is 2.33. The average Bonchev–Trinajstić information content (AvgIpc) is 2.95. The molecular weight excluding hydrogens is 448 g/mol. The summed E-state index contributed by atoms with van der Waals surface area (Å²) in [6.07, 6.45) is 10.2. The Morgan fingerprint density at radius 3 is 2.61 bits per heavy atom. The van der Waals surface area contributed by atoms with E-state index in [2.05, 4.69) is 46.7 Å². The number of likely N-dealkylation sites (tertiary alicyclic amines) is 1. The van der Waals surface area contributed by atoms with Crippen LogP contribution < -0.4 is 10.4 Å². The van der Waals surface area contributed by atoms with Crippen molar-refractivity contribution >= 4 is 33.3 Å². The average molecular weight is 479 g/mol. The fourth-order valence-corrected chi connectivity index (χ4v) is 6.78. The SMILES string of the molecule is N=S1C=c2ccccc2=C(CCCN2CCC(O)(c3ccc(Cl)cc3)CC2)C2=C1C=CCC2. The van der Waals surface area contributed by atoms with Crippen molar-refractivity contribution in [3.05, 3.63) is 92.2 Å². The zero-order valence-corrected chi connectivity index (χ0v) is 20.5. The van der Waals surface area contributed by atoms with Crippen molar-refractivity contribution in [1.29, 1.82) is 4.78 Å². The summed E-state index contributed by atoms with van der Waals surface area (Å²) in [4.78, 5) is 3.70. The maximum atomic E-state index is 11.2. The van der Waals surface area contributed by atoms with Crippen LogP contribution in [0.3, 0.4) is 0 Å². The Morgan fingerprint density at radius 2 is 1.82 bits per heavy atom. The second-order valence-electron chi connectivity index (χ2n) is 9.29. The Morgan fingerprint density at radius 1 is 1.06 bits per heavy atom. The van der Waals surface area contributed by atoms with Crippen LogP contribution in [-0.4, -0.2) is 29.6 Å². The number of fused-ring (bicyclic) bond motifs is 1. The molecule has 33 heavy (non-hydrogen) atoms. The van der Waals surface area contributed by atoms with Gasteiger partial charge in [0.05, 0.1) is 5.60 Å². The van der Waals surface area contributed by atoms with Gasteiger partial charge in [-0.25, -0.2) is 0 Å². The zero-order chi connectivity index (χ0) is 22.8. The van der Waals surface area contributed by atoms with E-state index >= 15 is 0 Å². The fourth-order valence-electron chi connectivity index (χ4n) is 5.34. The Bertz CT molecular complexity index is 1240. The van der Waals surface area contributed by atoms with Crippen LogP contribution >= 0.6 is 11.6 Å². The van der Waals surface area contributed by atoms with E-state index in [1.807, 2.05) is 24.3 Å². The van der Waals surface area contributed by atoms with Crippen molar-refractivity contribution in [2.45, 2.75) is 44.1 Å². The lowest BCUT2D eigenvalue weighted by atomic mass is 9.84. The van der Waals surface area contributed by atoms with Gasteiger partial charge in [-0.3, -0.25) is 4.78 Å². The first-order valence-electron chi connectivity index (χ1n) is 11.9. The van der Waals surface area contributed by atoms with Gasteiger partial charge in [0.25, 0.3) is 0 Å². The molecule has 1 unspecified atom stereocenters. The van der Waals surface area contributed by atoms with Crippen molar-refractivity contribution in [1.82, 2.24) is 4.90 Å². The van der Waals surface area contributed by atoms with Gasteiger partial charge in [0.15, 0.2) is 0 Å². The van der Waals surface area contributed by atoms with Crippen LogP contribution in [0, 0.1) is 4.78 Å². The summed E-state index contributed by atoms with van der Waals surface area (Å²) in [5.41, 5.74) is 3.08. The number of nitrogens with zero attached hydrogens (tertiary/aromatic N) is 1. The minimum atomic E-state index is -0.746. The van der Waals surface area contributed by atoms with Crippen molar-refractivity contribution in [2.75, 3.05) is 19.6 Å². The highest BCUT2D eigenvalue weighted by Crippen LogP contribution is 2.34. The Balaban J connectivity index is 1.28. The van der Waals surface area contributed by atoms with E-state index in [0.717, 1.165) is 63.7 Å². The van der Waals surface area contributed by atoms with Crippen LogP contribution in [0.4, 0.5) is 0 Å². The van der Waals surface area contributed by atoms with E-state index in [9.17, 15) is 5.11 Å². The third kappa shape index (κ3) is 4.81. The molecule has 172 valence electrons. The summed E-state index contributed by atoms with van der Waals surface area (Å²) < 4.78 is 8.73. The third-order valence-corrected chi connectivity index (χ3v) is 8.82. The summed E-state index contributed by atoms with van der Waals surface area (Å²) in [7, 11) is -0.594. The third-order valence-electron chi connectivity index (χ3n) is 7.23. The smallest absolute Gasteiger partial charge is 0.0920 e. The molecule has 1 saturated heterocycles. The molecule has 0 saturated carbocycles. The molecule has 3 aliphatic rings. The highest BCUT2D eigenvalue weighted by atomic mass is 35.5. The standard InChI is InChI=1S/C28H31ClN2OS/c29-23-13-11-22(12-14-23)28(32)15-18-31(19-16-28)17-5-9-25-24-7-2-1-6-21(24)20-33(30)27-10-4-3-8-26(25)27/h1-2,4,6-7,10-14,20,30,32H,3,5,8-9,15-19H2. The predicted molar refractivity (Wildman–Crippen MR) is 139 cm³/mol. The molecule has 0 bridgehead atoms. The van der Waals surface area contributed by atoms with Gasteiger partial charge in [0.2, 0.25) is 0 Å². The molecule has 0 spiro atoms. The lowest BCUT2D eigenvalue weighted by Crippen LogP contribution is -2.42. The molecule has 1 aliphatic carbocycles. The second kappa shape index (κ2) is 9.71. The number of nitrogens with one attached hydrogen (secondary N) is 1. The summed E-state index contributed by atoms with van der Waals surface area (Å²) in [5, 5.41) is 16.5. The minimum absolute atomic E-state index is 0.594. The van der Waals surface area contributed by atoms with Gasteiger partial charge < -0.3 is 10.0 Å². The molecule has 1 atom stereocenters. The first kappa shape index (κ1) is 22.8. The minimum Gasteiger partial charge on any atom is -0.385 e. The maximum Gasteiger partial charge on any atom is 0.0920 e. The van der Waals surface area contributed by atoms with Gasteiger partial charge >= 0.3 is 0 Å². The highest BCUT2D eigenvalue weighted by molar-refractivity contribution is 7.97. The molecule has 2 aliphatic heterocycles. The van der Waals surface area contributed by atoms with Gasteiger partial charge in [-0.05, 0) is 100 Å². The first-order valence-corrected chi connectivity index (χ1v) is 13.6. The molecule has 0 amide bonds.